The molecular formula is C16H12Cl2F2N2O5. The molecular weight excluding hydrogens is 409 g/mol. The van der Waals surface area contributed by atoms with Crippen molar-refractivity contribution in [1.82, 2.24) is 5.32 Å². The van der Waals surface area contributed by atoms with Gasteiger partial charge >= 0.3 is 5.69 Å². The van der Waals surface area contributed by atoms with Gasteiger partial charge < -0.3 is 15.2 Å². The van der Waals surface area contributed by atoms with Crippen molar-refractivity contribution in [3.8, 4) is 5.75 Å². The molecule has 1 atom stereocenters. The third kappa shape index (κ3) is 5.49. The predicted molar refractivity (Wildman–Crippen MR) is 93.3 cm³/mol. The van der Waals surface area contributed by atoms with E-state index in [1.807, 2.05) is 0 Å². The number of amides is 1. The second kappa shape index (κ2) is 8.94. The minimum atomic E-state index is -1.23. The van der Waals surface area contributed by atoms with Crippen molar-refractivity contribution in [3.63, 3.8) is 0 Å². The van der Waals surface area contributed by atoms with E-state index in [2.05, 4.69) is 5.32 Å². The lowest BCUT2D eigenvalue weighted by Crippen LogP contribution is -2.35. The predicted octanol–water partition coefficient (Wildman–Crippen LogP) is 3.35. The van der Waals surface area contributed by atoms with Crippen LogP contribution < -0.4 is 10.1 Å². The summed E-state index contributed by atoms with van der Waals surface area (Å²) in [4.78, 5) is 22.4. The van der Waals surface area contributed by atoms with E-state index in [-0.39, 0.29) is 34.5 Å². The first-order valence-corrected chi connectivity index (χ1v) is 8.12. The molecule has 0 bridgehead atoms. The maximum atomic E-state index is 13.1. The Morgan fingerprint density at radius 1 is 1.26 bits per heavy atom. The summed E-state index contributed by atoms with van der Waals surface area (Å²) in [6.45, 7) is -0.673. The number of halogens is 4. The third-order valence-corrected chi connectivity index (χ3v) is 3.79. The number of nitro benzene ring substituents is 1. The van der Waals surface area contributed by atoms with E-state index in [1.54, 1.807) is 0 Å². The summed E-state index contributed by atoms with van der Waals surface area (Å²) in [5.74, 6) is -3.05. The number of nitro groups is 1. The zero-order valence-electron chi connectivity index (χ0n) is 13.4. The first kappa shape index (κ1) is 20.8. The van der Waals surface area contributed by atoms with Crippen LogP contribution in [0.5, 0.6) is 5.75 Å². The van der Waals surface area contributed by atoms with Gasteiger partial charge in [0.2, 0.25) is 0 Å². The number of hydrogen-bond acceptors (Lipinski definition) is 5. The highest BCUT2D eigenvalue weighted by Crippen LogP contribution is 2.31. The zero-order chi connectivity index (χ0) is 20.1. The van der Waals surface area contributed by atoms with Gasteiger partial charge in [-0.15, -0.1) is 0 Å². The normalized spacial score (nSPS) is 11.7. The molecule has 0 saturated carbocycles. The van der Waals surface area contributed by atoms with E-state index in [0.29, 0.717) is 0 Å². The SMILES string of the molecule is O=C(NCC(O)COc1ccc(F)c(F)c1)c1cc(Cl)cc(Cl)c1[N+](=O)[O-]. The average Bonchev–Trinajstić information content (AvgIpc) is 2.59. The van der Waals surface area contributed by atoms with Crippen molar-refractivity contribution in [3.05, 3.63) is 67.7 Å². The molecule has 0 aliphatic rings. The molecule has 0 heterocycles. The summed E-state index contributed by atoms with van der Waals surface area (Å²) < 4.78 is 31.0. The van der Waals surface area contributed by atoms with Crippen LogP contribution in [0.2, 0.25) is 10.0 Å². The Morgan fingerprint density at radius 2 is 1.96 bits per heavy atom. The van der Waals surface area contributed by atoms with E-state index in [9.17, 15) is 28.8 Å². The molecule has 11 heteroatoms. The first-order valence-electron chi connectivity index (χ1n) is 7.36. The van der Waals surface area contributed by atoms with Gasteiger partial charge in [0, 0.05) is 17.6 Å². The smallest absolute Gasteiger partial charge is 0.300 e. The van der Waals surface area contributed by atoms with E-state index in [4.69, 9.17) is 27.9 Å². The second-order valence-electron chi connectivity index (χ2n) is 5.29. The number of rotatable bonds is 7. The molecule has 2 aromatic carbocycles. The Balaban J connectivity index is 1.97. The lowest BCUT2D eigenvalue weighted by molar-refractivity contribution is -0.385. The maximum absolute atomic E-state index is 13.1. The molecule has 1 unspecified atom stereocenters. The van der Waals surface area contributed by atoms with Gasteiger partial charge in [0.05, 0.1) is 4.92 Å². The van der Waals surface area contributed by atoms with Crippen molar-refractivity contribution in [2.75, 3.05) is 13.2 Å². The van der Waals surface area contributed by atoms with Crippen molar-refractivity contribution in [2.24, 2.45) is 0 Å². The highest BCUT2D eigenvalue weighted by molar-refractivity contribution is 6.37. The fraction of sp³-hybridized carbons (Fsp3) is 0.188. The standard InChI is InChI=1S/C16H12Cl2F2N2O5/c17-8-3-11(15(22(25)26)12(18)4-8)16(24)21-6-9(23)7-27-10-1-2-13(19)14(20)5-10/h1-5,9,23H,6-7H2,(H,21,24). The molecule has 0 spiro atoms. The molecule has 0 aliphatic carbocycles. The Hall–Kier alpha value is -2.49. The molecule has 0 saturated heterocycles. The Bertz CT molecular complexity index is 882. The molecule has 2 aromatic rings. The Morgan fingerprint density at radius 3 is 2.59 bits per heavy atom. The van der Waals surface area contributed by atoms with Crippen LogP contribution in [0.25, 0.3) is 0 Å². The summed E-state index contributed by atoms with van der Waals surface area (Å²) in [6.07, 6.45) is -1.23. The van der Waals surface area contributed by atoms with Gasteiger partial charge in [-0.3, -0.25) is 14.9 Å². The number of hydrogen-bond donors (Lipinski definition) is 2. The molecule has 7 nitrogen and oxygen atoms in total. The minimum Gasteiger partial charge on any atom is -0.491 e. The van der Waals surface area contributed by atoms with Crippen LogP contribution in [0, 0.1) is 21.7 Å². The van der Waals surface area contributed by atoms with Gasteiger partial charge in [-0.1, -0.05) is 23.2 Å². The summed E-state index contributed by atoms with van der Waals surface area (Å²) in [6, 6.07) is 5.04. The van der Waals surface area contributed by atoms with Crippen LogP contribution in [0.3, 0.4) is 0 Å². The largest absolute Gasteiger partial charge is 0.491 e. The number of carbonyl (C=O) groups is 1. The van der Waals surface area contributed by atoms with Crippen molar-refractivity contribution < 1.29 is 28.3 Å². The summed E-state index contributed by atoms with van der Waals surface area (Å²) >= 11 is 11.5. The molecule has 0 aliphatic heterocycles. The molecule has 27 heavy (non-hydrogen) atoms. The van der Waals surface area contributed by atoms with Gasteiger partial charge in [-0.2, -0.15) is 0 Å². The van der Waals surface area contributed by atoms with Gasteiger partial charge in [0.25, 0.3) is 5.91 Å². The number of benzene rings is 2. The lowest BCUT2D eigenvalue weighted by Gasteiger charge is -2.14. The van der Waals surface area contributed by atoms with Gasteiger partial charge in [-0.05, 0) is 24.3 Å². The van der Waals surface area contributed by atoms with Crippen molar-refractivity contribution in [2.45, 2.75) is 6.10 Å². The fourth-order valence-corrected chi connectivity index (χ4v) is 2.61. The average molecular weight is 421 g/mol. The van der Waals surface area contributed by atoms with Crippen LogP contribution >= 0.6 is 23.2 Å². The van der Waals surface area contributed by atoms with Crippen molar-refractivity contribution >= 4 is 34.8 Å². The van der Waals surface area contributed by atoms with E-state index in [0.717, 1.165) is 24.3 Å². The van der Waals surface area contributed by atoms with E-state index < -0.39 is 34.3 Å². The molecule has 0 radical (unpaired) electrons. The quantitative estimate of drug-likeness (QED) is 0.528. The monoisotopic (exact) mass is 420 g/mol. The Labute approximate surface area is 161 Å². The number of nitrogens with one attached hydrogen (secondary N) is 1. The number of aliphatic hydroxyl groups excluding tert-OH is 1. The van der Waals surface area contributed by atoms with E-state index >= 15 is 0 Å². The molecule has 0 aromatic heterocycles. The summed E-state index contributed by atoms with van der Waals surface area (Å²) in [5, 5.41) is 22.9. The minimum absolute atomic E-state index is 0.0171. The highest BCUT2D eigenvalue weighted by Gasteiger charge is 2.25. The van der Waals surface area contributed by atoms with Crippen LogP contribution in [-0.4, -0.2) is 35.2 Å². The molecule has 144 valence electrons. The van der Waals surface area contributed by atoms with Gasteiger partial charge in [0.15, 0.2) is 11.6 Å². The topological polar surface area (TPSA) is 102 Å². The number of ether oxygens (including phenoxy) is 1. The number of carbonyl (C=O) groups excluding carboxylic acids is 1. The zero-order valence-corrected chi connectivity index (χ0v) is 14.9. The highest BCUT2D eigenvalue weighted by atomic mass is 35.5. The van der Waals surface area contributed by atoms with Crippen LogP contribution in [-0.2, 0) is 0 Å². The third-order valence-electron chi connectivity index (χ3n) is 3.29. The maximum Gasteiger partial charge on any atom is 0.300 e. The van der Waals surface area contributed by atoms with Gasteiger partial charge in [-0.25, -0.2) is 8.78 Å². The van der Waals surface area contributed by atoms with Crippen LogP contribution in [0.1, 0.15) is 10.4 Å². The molecule has 0 fully saturated rings. The first-order chi connectivity index (χ1) is 12.7. The van der Waals surface area contributed by atoms with Crippen LogP contribution in [0.4, 0.5) is 14.5 Å². The molecule has 1 amide bonds. The molecule has 2 N–H and O–H groups in total. The molecule has 2 rings (SSSR count). The van der Waals surface area contributed by atoms with Crippen molar-refractivity contribution in [1.29, 1.82) is 0 Å². The van der Waals surface area contributed by atoms with Crippen LogP contribution in [0.15, 0.2) is 30.3 Å². The Kier molecular flexibility index (Phi) is 6.89. The lowest BCUT2D eigenvalue weighted by atomic mass is 10.1. The fourth-order valence-electron chi connectivity index (χ4n) is 2.05. The number of aliphatic hydroxyl groups is 1. The summed E-state index contributed by atoms with van der Waals surface area (Å²) in [7, 11) is 0. The van der Waals surface area contributed by atoms with Gasteiger partial charge in [0.1, 0.15) is 29.0 Å². The number of nitrogens with zero attached hydrogens (tertiary/aromatic N) is 1. The summed E-state index contributed by atoms with van der Waals surface area (Å²) in [5.41, 5.74) is -0.989. The second-order valence-corrected chi connectivity index (χ2v) is 6.14. The van der Waals surface area contributed by atoms with E-state index in [1.165, 1.54) is 6.07 Å².